The zero-order chi connectivity index (χ0) is 29.4. The number of nitrogens with zero attached hydrogens (tertiary/aromatic N) is 7. The first-order valence-electron chi connectivity index (χ1n) is 13.1. The summed E-state index contributed by atoms with van der Waals surface area (Å²) in [5.74, 6) is -1.73. The number of benzene rings is 1. The zero-order valence-electron chi connectivity index (χ0n) is 22.1. The van der Waals surface area contributed by atoms with E-state index in [0.29, 0.717) is 49.6 Å². The Morgan fingerprint density at radius 1 is 0.905 bits per heavy atom. The van der Waals surface area contributed by atoms with Crippen molar-refractivity contribution in [1.29, 1.82) is 0 Å². The van der Waals surface area contributed by atoms with E-state index in [4.69, 9.17) is 5.73 Å². The lowest BCUT2D eigenvalue weighted by Gasteiger charge is -2.34. The van der Waals surface area contributed by atoms with Crippen molar-refractivity contribution in [2.75, 3.05) is 31.9 Å². The average molecular weight is 577 g/mol. The van der Waals surface area contributed by atoms with Gasteiger partial charge in [0.15, 0.2) is 5.65 Å². The smallest absolute Gasteiger partial charge is 0.383 e. The van der Waals surface area contributed by atoms with Crippen LogP contribution >= 0.6 is 0 Å². The number of nitrogen functional groups attached to an aromatic ring is 1. The van der Waals surface area contributed by atoms with Crippen LogP contribution in [0.3, 0.4) is 0 Å². The lowest BCUT2D eigenvalue weighted by atomic mass is 10.1. The molecule has 0 unspecified atom stereocenters. The Labute approximate surface area is 237 Å². The Balaban J connectivity index is 1.21. The van der Waals surface area contributed by atoms with Crippen LogP contribution < -0.4 is 5.73 Å². The van der Waals surface area contributed by atoms with Gasteiger partial charge in [0, 0.05) is 56.2 Å². The molecular weight excluding hydrogens is 552 g/mol. The molecule has 1 fully saturated rings. The number of alkyl halides is 3. The summed E-state index contributed by atoms with van der Waals surface area (Å²) >= 11 is 0. The van der Waals surface area contributed by atoms with Crippen LogP contribution in [-0.4, -0.2) is 66.5 Å². The minimum atomic E-state index is -4.68. The molecule has 0 saturated carbocycles. The molecule has 0 atom stereocenters. The summed E-state index contributed by atoms with van der Waals surface area (Å²) in [5.41, 5.74) is 6.74. The molecule has 9 nitrogen and oxygen atoms in total. The van der Waals surface area contributed by atoms with Crippen molar-refractivity contribution in [3.8, 4) is 22.5 Å². The van der Waals surface area contributed by atoms with Gasteiger partial charge in [-0.05, 0) is 42.5 Å². The standard InChI is InChI=1S/C29H24F4N8O/c30-23-14-18(4-5-21(23)28(42)40-11-9-39(10-12-40)17-20-3-1-2-8-35-20)25-16-36-26-7-6-24(38-41(25)26)19-13-22(29(31,32)33)27(34)37-15-19/h1-8,13-16H,9-12,17H2,(H2,34,37). The lowest BCUT2D eigenvalue weighted by Crippen LogP contribution is -2.48. The van der Waals surface area contributed by atoms with Crippen LogP contribution in [0.5, 0.6) is 0 Å². The second-order valence-electron chi connectivity index (χ2n) is 9.87. The van der Waals surface area contributed by atoms with Gasteiger partial charge >= 0.3 is 6.18 Å². The molecule has 2 N–H and O–H groups in total. The number of aromatic nitrogens is 5. The van der Waals surface area contributed by atoms with E-state index in [1.165, 1.54) is 35.1 Å². The van der Waals surface area contributed by atoms with Gasteiger partial charge in [0.25, 0.3) is 5.91 Å². The molecule has 6 rings (SSSR count). The largest absolute Gasteiger partial charge is 0.419 e. The van der Waals surface area contributed by atoms with Gasteiger partial charge in [0.05, 0.1) is 34.4 Å². The van der Waals surface area contributed by atoms with E-state index < -0.39 is 29.3 Å². The highest BCUT2D eigenvalue weighted by atomic mass is 19.4. The maximum Gasteiger partial charge on any atom is 0.419 e. The van der Waals surface area contributed by atoms with Crippen molar-refractivity contribution < 1.29 is 22.4 Å². The maximum absolute atomic E-state index is 15.3. The third kappa shape index (κ3) is 5.38. The van der Waals surface area contributed by atoms with Crippen LogP contribution in [0, 0.1) is 5.82 Å². The molecule has 214 valence electrons. The highest BCUT2D eigenvalue weighted by Crippen LogP contribution is 2.35. The Morgan fingerprint density at radius 2 is 1.71 bits per heavy atom. The van der Waals surface area contributed by atoms with E-state index in [1.54, 1.807) is 23.2 Å². The number of fused-ring (bicyclic) bond motifs is 1. The van der Waals surface area contributed by atoms with Crippen molar-refractivity contribution in [3.63, 3.8) is 0 Å². The quantitative estimate of drug-likeness (QED) is 0.306. The highest BCUT2D eigenvalue weighted by Gasteiger charge is 2.34. The molecule has 1 amide bonds. The number of carbonyl (C=O) groups is 1. The Bertz CT molecular complexity index is 1770. The first-order chi connectivity index (χ1) is 20.2. The second kappa shape index (κ2) is 10.8. The predicted octanol–water partition coefficient (Wildman–Crippen LogP) is 4.55. The minimum absolute atomic E-state index is 0.0491. The van der Waals surface area contributed by atoms with Crippen molar-refractivity contribution in [2.24, 2.45) is 0 Å². The van der Waals surface area contributed by atoms with Gasteiger partial charge in [-0.3, -0.25) is 14.7 Å². The molecule has 0 bridgehead atoms. The molecule has 13 heteroatoms. The number of halogens is 4. The van der Waals surface area contributed by atoms with Gasteiger partial charge in [0.1, 0.15) is 11.6 Å². The molecule has 0 radical (unpaired) electrons. The summed E-state index contributed by atoms with van der Waals surface area (Å²) in [7, 11) is 0. The van der Waals surface area contributed by atoms with Crippen molar-refractivity contribution in [1.82, 2.24) is 34.4 Å². The highest BCUT2D eigenvalue weighted by molar-refractivity contribution is 5.95. The van der Waals surface area contributed by atoms with E-state index in [1.807, 2.05) is 18.2 Å². The van der Waals surface area contributed by atoms with Crippen LogP contribution in [0.4, 0.5) is 23.4 Å². The summed E-state index contributed by atoms with van der Waals surface area (Å²) in [6.07, 6.45) is -0.256. The Kier molecular flexibility index (Phi) is 7.02. The molecule has 1 saturated heterocycles. The van der Waals surface area contributed by atoms with Crippen LogP contribution in [0.1, 0.15) is 21.6 Å². The summed E-state index contributed by atoms with van der Waals surface area (Å²) in [4.78, 5) is 29.3. The number of hydrogen-bond acceptors (Lipinski definition) is 7. The van der Waals surface area contributed by atoms with Crippen molar-refractivity contribution >= 4 is 17.4 Å². The summed E-state index contributed by atoms with van der Waals surface area (Å²) in [5, 5.41) is 4.43. The number of rotatable bonds is 5. The number of carbonyl (C=O) groups excluding carboxylic acids is 1. The fourth-order valence-electron chi connectivity index (χ4n) is 4.91. The van der Waals surface area contributed by atoms with Gasteiger partial charge in [-0.25, -0.2) is 18.9 Å². The van der Waals surface area contributed by atoms with E-state index in [9.17, 15) is 18.0 Å². The number of pyridine rings is 2. The van der Waals surface area contributed by atoms with E-state index in [2.05, 4.69) is 25.0 Å². The molecule has 1 aromatic carbocycles. The first-order valence-corrected chi connectivity index (χ1v) is 13.1. The second-order valence-corrected chi connectivity index (χ2v) is 9.87. The van der Waals surface area contributed by atoms with E-state index >= 15 is 4.39 Å². The number of hydrogen-bond donors (Lipinski definition) is 1. The van der Waals surface area contributed by atoms with Crippen LogP contribution in [-0.2, 0) is 12.7 Å². The van der Waals surface area contributed by atoms with E-state index in [-0.39, 0.29) is 16.8 Å². The summed E-state index contributed by atoms with van der Waals surface area (Å²) < 4.78 is 56.8. The molecule has 0 spiro atoms. The fraction of sp³-hybridized carbons (Fsp3) is 0.207. The number of amides is 1. The van der Waals surface area contributed by atoms with Crippen LogP contribution in [0.2, 0.25) is 0 Å². The third-order valence-corrected chi connectivity index (χ3v) is 7.15. The molecule has 1 aliphatic heterocycles. The molecule has 5 aromatic rings. The minimum Gasteiger partial charge on any atom is -0.383 e. The molecule has 4 aromatic heterocycles. The zero-order valence-corrected chi connectivity index (χ0v) is 22.1. The van der Waals surface area contributed by atoms with Gasteiger partial charge in [-0.15, -0.1) is 0 Å². The Hall–Kier alpha value is -4.91. The number of nitrogens with two attached hydrogens (primary N) is 1. The summed E-state index contributed by atoms with van der Waals surface area (Å²) in [6, 6.07) is 14.0. The molecule has 5 heterocycles. The normalized spacial score (nSPS) is 14.4. The van der Waals surface area contributed by atoms with Crippen LogP contribution in [0.15, 0.2) is 73.2 Å². The van der Waals surface area contributed by atoms with Gasteiger partial charge in [0.2, 0.25) is 0 Å². The van der Waals surface area contributed by atoms with Crippen LogP contribution in [0.25, 0.3) is 28.2 Å². The first kappa shape index (κ1) is 27.3. The Morgan fingerprint density at radius 3 is 2.43 bits per heavy atom. The van der Waals surface area contributed by atoms with Gasteiger partial charge in [-0.1, -0.05) is 12.1 Å². The van der Waals surface area contributed by atoms with Crippen molar-refractivity contribution in [2.45, 2.75) is 12.7 Å². The maximum atomic E-state index is 15.3. The predicted molar refractivity (Wildman–Crippen MR) is 146 cm³/mol. The SMILES string of the molecule is Nc1ncc(-c2ccc3ncc(-c4ccc(C(=O)N5CCN(Cc6ccccn6)CC5)c(F)c4)n3n2)cc1C(F)(F)F. The molecular formula is C29H24F4N8O. The number of piperazine rings is 1. The summed E-state index contributed by atoms with van der Waals surface area (Å²) in [6.45, 7) is 2.89. The number of anilines is 1. The van der Waals surface area contributed by atoms with E-state index in [0.717, 1.165) is 11.8 Å². The molecule has 0 aliphatic carbocycles. The van der Waals surface area contributed by atoms with Crippen molar-refractivity contribution in [3.05, 3.63) is 95.8 Å². The molecule has 1 aliphatic rings. The third-order valence-electron chi connectivity index (χ3n) is 7.15. The lowest BCUT2D eigenvalue weighted by molar-refractivity contribution is -0.137. The monoisotopic (exact) mass is 576 g/mol. The fourth-order valence-corrected chi connectivity index (χ4v) is 4.91. The molecule has 42 heavy (non-hydrogen) atoms. The van der Waals surface area contributed by atoms with Gasteiger partial charge in [-0.2, -0.15) is 18.3 Å². The topological polar surface area (TPSA) is 106 Å². The average Bonchev–Trinajstić information content (AvgIpc) is 3.41. The van der Waals surface area contributed by atoms with Gasteiger partial charge < -0.3 is 10.6 Å². The number of imidazole rings is 1.